The van der Waals surface area contributed by atoms with Gasteiger partial charge in [-0.1, -0.05) is 46.5 Å². The molecule has 0 atom stereocenters. The number of aromatic nitrogens is 2. The maximum absolute atomic E-state index is 12.4. The lowest BCUT2D eigenvalue weighted by molar-refractivity contribution is -0.131. The first-order valence-corrected chi connectivity index (χ1v) is 10.3. The Bertz CT molecular complexity index is 592. The summed E-state index contributed by atoms with van der Waals surface area (Å²) in [6, 6.07) is 0. The summed E-state index contributed by atoms with van der Waals surface area (Å²) < 4.78 is 0. The van der Waals surface area contributed by atoms with Gasteiger partial charge in [0, 0.05) is 43.9 Å². The first kappa shape index (κ1) is 20.7. The van der Waals surface area contributed by atoms with Gasteiger partial charge in [0.2, 0.25) is 5.91 Å². The molecule has 5 heteroatoms. The summed E-state index contributed by atoms with van der Waals surface area (Å²) in [5.74, 6) is 2.61. The van der Waals surface area contributed by atoms with E-state index in [1.807, 2.05) is 11.8 Å². The molecule has 1 amide bonds. The topological polar surface area (TPSA) is 49.3 Å². The van der Waals surface area contributed by atoms with Crippen molar-refractivity contribution in [3.63, 3.8) is 0 Å². The molecule has 1 saturated heterocycles. The minimum atomic E-state index is 0.320. The summed E-state index contributed by atoms with van der Waals surface area (Å²) in [6.07, 6.45) is 6.69. The van der Waals surface area contributed by atoms with Gasteiger partial charge in [-0.15, -0.1) is 0 Å². The number of amides is 1. The molecule has 1 aromatic rings. The highest BCUT2D eigenvalue weighted by Crippen LogP contribution is 2.29. The normalized spacial score (nSPS) is 15.0. The number of hydrogen-bond donors (Lipinski definition) is 0. The molecule has 0 saturated carbocycles. The number of nitrogens with zero attached hydrogens (tertiary/aromatic N) is 4. The second-order valence-corrected chi connectivity index (χ2v) is 7.78. The molecule has 2 rings (SSSR count). The Labute approximate surface area is 159 Å². The Balaban J connectivity index is 1.91. The van der Waals surface area contributed by atoms with E-state index in [4.69, 9.17) is 4.98 Å². The minimum absolute atomic E-state index is 0.320. The van der Waals surface area contributed by atoms with Crippen LogP contribution in [0, 0.1) is 13.8 Å². The van der Waals surface area contributed by atoms with E-state index in [0.29, 0.717) is 18.2 Å². The van der Waals surface area contributed by atoms with Gasteiger partial charge in [-0.3, -0.25) is 4.79 Å². The highest BCUT2D eigenvalue weighted by Gasteiger charge is 2.25. The number of unbranched alkanes of at least 4 members (excludes halogenated alkanes) is 4. The van der Waals surface area contributed by atoms with Gasteiger partial charge < -0.3 is 9.80 Å². The predicted molar refractivity (Wildman–Crippen MR) is 108 cm³/mol. The Morgan fingerprint density at radius 1 is 1.00 bits per heavy atom. The molecule has 1 aromatic heterocycles. The molecule has 0 bridgehead atoms. The lowest BCUT2D eigenvalue weighted by Crippen LogP contribution is -2.49. The molecule has 0 aromatic carbocycles. The molecular formula is C21H36N4O. The molecule has 0 spiro atoms. The number of aryl methyl sites for hydroxylation is 2. The molecule has 0 N–H and O–H groups in total. The van der Waals surface area contributed by atoms with Crippen LogP contribution in [-0.2, 0) is 4.79 Å². The number of carbonyl (C=O) groups excluding carboxylic acids is 1. The summed E-state index contributed by atoms with van der Waals surface area (Å²) in [5.41, 5.74) is 2.32. The number of rotatable bonds is 8. The molecule has 5 nitrogen and oxygen atoms in total. The van der Waals surface area contributed by atoms with Crippen LogP contribution >= 0.6 is 0 Å². The van der Waals surface area contributed by atoms with Crippen molar-refractivity contribution in [2.45, 2.75) is 79.1 Å². The number of piperazine rings is 1. The predicted octanol–water partition coefficient (Wildman–Crippen LogP) is 4.23. The quantitative estimate of drug-likeness (QED) is 0.651. The maximum Gasteiger partial charge on any atom is 0.222 e. The number of anilines is 1. The van der Waals surface area contributed by atoms with Gasteiger partial charge in [-0.2, -0.15) is 0 Å². The SMILES string of the molecule is CCCCCCCC(=O)N1CCN(c2nc(C)nc(C)c2C(C)C)CC1. The first-order valence-electron chi connectivity index (χ1n) is 10.3. The van der Waals surface area contributed by atoms with E-state index in [9.17, 15) is 4.79 Å². The van der Waals surface area contributed by atoms with E-state index in [0.717, 1.165) is 49.9 Å². The van der Waals surface area contributed by atoms with Crippen LogP contribution in [0.1, 0.15) is 82.3 Å². The van der Waals surface area contributed by atoms with Gasteiger partial charge >= 0.3 is 0 Å². The summed E-state index contributed by atoms with van der Waals surface area (Å²) in [5, 5.41) is 0. The largest absolute Gasteiger partial charge is 0.353 e. The smallest absolute Gasteiger partial charge is 0.222 e. The van der Waals surface area contributed by atoms with Crippen molar-refractivity contribution in [3.8, 4) is 0 Å². The van der Waals surface area contributed by atoms with Crippen LogP contribution in [0.2, 0.25) is 0 Å². The molecule has 1 fully saturated rings. The third-order valence-electron chi connectivity index (χ3n) is 5.23. The molecule has 1 aliphatic rings. The van der Waals surface area contributed by atoms with E-state index in [1.165, 1.54) is 31.2 Å². The highest BCUT2D eigenvalue weighted by molar-refractivity contribution is 5.76. The second kappa shape index (κ2) is 9.89. The highest BCUT2D eigenvalue weighted by atomic mass is 16.2. The minimum Gasteiger partial charge on any atom is -0.353 e. The van der Waals surface area contributed by atoms with E-state index in [1.54, 1.807) is 0 Å². The molecule has 2 heterocycles. The summed E-state index contributed by atoms with van der Waals surface area (Å²) in [4.78, 5) is 26.1. The van der Waals surface area contributed by atoms with Crippen LogP contribution in [0.4, 0.5) is 5.82 Å². The summed E-state index contributed by atoms with van der Waals surface area (Å²) >= 11 is 0. The Hall–Kier alpha value is -1.65. The van der Waals surface area contributed by atoms with Crippen molar-refractivity contribution in [2.24, 2.45) is 0 Å². The lowest BCUT2D eigenvalue weighted by Gasteiger charge is -2.37. The van der Waals surface area contributed by atoms with Crippen LogP contribution in [0.25, 0.3) is 0 Å². The third kappa shape index (κ3) is 5.42. The van der Waals surface area contributed by atoms with Crippen molar-refractivity contribution in [1.82, 2.24) is 14.9 Å². The zero-order chi connectivity index (χ0) is 19.1. The van der Waals surface area contributed by atoms with Crippen molar-refractivity contribution in [1.29, 1.82) is 0 Å². The average Bonchev–Trinajstić information content (AvgIpc) is 2.60. The molecule has 146 valence electrons. The summed E-state index contributed by atoms with van der Waals surface area (Å²) in [7, 11) is 0. The van der Waals surface area contributed by atoms with Crippen molar-refractivity contribution in [2.75, 3.05) is 31.1 Å². The lowest BCUT2D eigenvalue weighted by atomic mass is 10.0. The van der Waals surface area contributed by atoms with E-state index >= 15 is 0 Å². The zero-order valence-corrected chi connectivity index (χ0v) is 17.3. The molecule has 26 heavy (non-hydrogen) atoms. The van der Waals surface area contributed by atoms with Gasteiger partial charge in [0.15, 0.2) is 0 Å². The van der Waals surface area contributed by atoms with Crippen LogP contribution in [0.3, 0.4) is 0 Å². The zero-order valence-electron chi connectivity index (χ0n) is 17.3. The standard InChI is InChI=1S/C21H36N4O/c1-6-7-8-9-10-11-19(26)24-12-14-25(15-13-24)21-20(16(2)3)17(4)22-18(5)23-21/h16H,6-15H2,1-5H3. The Morgan fingerprint density at radius 3 is 2.27 bits per heavy atom. The van der Waals surface area contributed by atoms with Crippen LogP contribution in [0.5, 0.6) is 0 Å². The fourth-order valence-corrected chi connectivity index (χ4v) is 3.83. The van der Waals surface area contributed by atoms with Crippen molar-refractivity contribution >= 4 is 11.7 Å². The van der Waals surface area contributed by atoms with E-state index in [-0.39, 0.29) is 0 Å². The van der Waals surface area contributed by atoms with Crippen LogP contribution < -0.4 is 4.90 Å². The third-order valence-corrected chi connectivity index (χ3v) is 5.23. The van der Waals surface area contributed by atoms with Crippen LogP contribution in [0.15, 0.2) is 0 Å². The summed E-state index contributed by atoms with van der Waals surface area (Å²) in [6.45, 7) is 14.0. The number of hydrogen-bond acceptors (Lipinski definition) is 4. The molecule has 0 radical (unpaired) electrons. The Kier molecular flexibility index (Phi) is 7.85. The number of carbonyl (C=O) groups is 1. The van der Waals surface area contributed by atoms with Gasteiger partial charge in [-0.05, 0) is 26.2 Å². The fraction of sp³-hybridized carbons (Fsp3) is 0.762. The fourth-order valence-electron chi connectivity index (χ4n) is 3.83. The van der Waals surface area contributed by atoms with E-state index < -0.39 is 0 Å². The van der Waals surface area contributed by atoms with Gasteiger partial charge in [0.05, 0.1) is 0 Å². The van der Waals surface area contributed by atoms with Crippen LogP contribution in [-0.4, -0.2) is 47.0 Å². The molecule has 0 unspecified atom stereocenters. The van der Waals surface area contributed by atoms with Gasteiger partial charge in [0.1, 0.15) is 11.6 Å². The van der Waals surface area contributed by atoms with Gasteiger partial charge in [0.25, 0.3) is 0 Å². The second-order valence-electron chi connectivity index (χ2n) is 7.78. The van der Waals surface area contributed by atoms with E-state index in [2.05, 4.69) is 37.6 Å². The first-order chi connectivity index (χ1) is 12.4. The molecular weight excluding hydrogens is 324 g/mol. The van der Waals surface area contributed by atoms with Crippen molar-refractivity contribution < 1.29 is 4.79 Å². The van der Waals surface area contributed by atoms with Gasteiger partial charge in [-0.25, -0.2) is 9.97 Å². The average molecular weight is 361 g/mol. The molecule has 0 aliphatic carbocycles. The van der Waals surface area contributed by atoms with Crippen molar-refractivity contribution in [3.05, 3.63) is 17.1 Å². The maximum atomic E-state index is 12.4. The Morgan fingerprint density at radius 2 is 1.65 bits per heavy atom. The monoisotopic (exact) mass is 360 g/mol. The molecule has 1 aliphatic heterocycles.